The second-order valence-electron chi connectivity index (χ2n) is 3.08. The minimum absolute atomic E-state index is 0.0638. The molecule has 0 radical (unpaired) electrons. The molecule has 0 N–H and O–H groups in total. The van der Waals surface area contributed by atoms with Crippen LogP contribution in [-0.4, -0.2) is 24.1 Å². The molecule has 0 saturated carbocycles. The number of ether oxygens (including phenoxy) is 1. The highest BCUT2D eigenvalue weighted by atomic mass is 16.5. The molecule has 4 heteroatoms. The summed E-state index contributed by atoms with van der Waals surface area (Å²) in [4.78, 5) is 32.5. The van der Waals surface area contributed by atoms with Crippen LogP contribution in [0.15, 0.2) is 0 Å². The highest BCUT2D eigenvalue weighted by Crippen LogP contribution is 2.01. The van der Waals surface area contributed by atoms with Gasteiger partial charge in [-0.15, -0.1) is 0 Å². The normalized spacial score (nSPS) is 9.57. The molecule has 0 aliphatic rings. The lowest BCUT2D eigenvalue weighted by Gasteiger charge is -2.00. The van der Waals surface area contributed by atoms with Crippen LogP contribution >= 0.6 is 0 Å². The summed E-state index contributed by atoms with van der Waals surface area (Å²) in [7, 11) is 0. The molecule has 0 aromatic heterocycles. The molecular weight excluding hydrogens is 184 g/mol. The van der Waals surface area contributed by atoms with E-state index in [-0.39, 0.29) is 24.4 Å². The van der Waals surface area contributed by atoms with E-state index in [0.29, 0.717) is 19.4 Å². The van der Waals surface area contributed by atoms with Crippen LogP contribution in [0.3, 0.4) is 0 Å². The van der Waals surface area contributed by atoms with Gasteiger partial charge in [-0.25, -0.2) is 0 Å². The van der Waals surface area contributed by atoms with Gasteiger partial charge in [-0.1, -0.05) is 0 Å². The number of hydrogen-bond acceptors (Lipinski definition) is 4. The molecule has 0 saturated heterocycles. The predicted octanol–water partition coefficient (Wildman–Crippen LogP) is 1.27. The van der Waals surface area contributed by atoms with E-state index in [4.69, 9.17) is 0 Å². The summed E-state index contributed by atoms with van der Waals surface area (Å²) in [5, 5.41) is 0. The van der Waals surface area contributed by atoms with Gasteiger partial charge >= 0.3 is 5.97 Å². The molecule has 0 heterocycles. The van der Waals surface area contributed by atoms with Gasteiger partial charge in [0.25, 0.3) is 0 Å². The smallest absolute Gasteiger partial charge is 0.313 e. The van der Waals surface area contributed by atoms with E-state index >= 15 is 0 Å². The predicted molar refractivity (Wildman–Crippen MR) is 50.8 cm³/mol. The third-order valence-electron chi connectivity index (χ3n) is 1.63. The van der Waals surface area contributed by atoms with Crippen LogP contribution in [0.4, 0.5) is 0 Å². The summed E-state index contributed by atoms with van der Waals surface area (Å²) in [5.41, 5.74) is 0. The quantitative estimate of drug-likeness (QED) is 0.458. The molecule has 14 heavy (non-hydrogen) atoms. The van der Waals surface area contributed by atoms with Crippen molar-refractivity contribution in [2.45, 2.75) is 39.5 Å². The van der Waals surface area contributed by atoms with Crippen LogP contribution in [-0.2, 0) is 19.1 Å². The molecule has 0 aliphatic heterocycles. The van der Waals surface area contributed by atoms with E-state index in [0.717, 1.165) is 0 Å². The van der Waals surface area contributed by atoms with Gasteiger partial charge in [-0.2, -0.15) is 0 Å². The summed E-state index contributed by atoms with van der Waals surface area (Å²) >= 11 is 0. The Morgan fingerprint density at radius 1 is 1.14 bits per heavy atom. The number of ketones is 2. The van der Waals surface area contributed by atoms with Gasteiger partial charge in [-0.3, -0.25) is 9.59 Å². The van der Waals surface area contributed by atoms with Gasteiger partial charge in [0.15, 0.2) is 0 Å². The highest BCUT2D eigenvalue weighted by molar-refractivity contribution is 5.95. The molecule has 0 spiro atoms. The van der Waals surface area contributed by atoms with E-state index in [9.17, 15) is 14.4 Å². The Balaban J connectivity index is 3.55. The van der Waals surface area contributed by atoms with Crippen molar-refractivity contribution in [2.24, 2.45) is 0 Å². The van der Waals surface area contributed by atoms with Gasteiger partial charge in [-0.05, 0) is 20.3 Å². The Bertz CT molecular complexity index is 220. The third kappa shape index (κ3) is 7.46. The van der Waals surface area contributed by atoms with Crippen LogP contribution in [0.5, 0.6) is 0 Å². The van der Waals surface area contributed by atoms with Crippen molar-refractivity contribution >= 4 is 17.5 Å². The first-order chi connectivity index (χ1) is 6.56. The summed E-state index contributed by atoms with van der Waals surface area (Å²) in [6.07, 6.45) is 1.02. The monoisotopic (exact) mass is 200 g/mol. The summed E-state index contributed by atoms with van der Waals surface area (Å²) in [5.74, 6) is -0.584. The molecule has 0 fully saturated rings. The molecule has 0 rings (SSSR count). The largest absolute Gasteiger partial charge is 0.466 e. The third-order valence-corrected chi connectivity index (χ3v) is 1.63. The number of hydrogen-bond donors (Lipinski definition) is 0. The zero-order valence-corrected chi connectivity index (χ0v) is 8.67. The van der Waals surface area contributed by atoms with E-state index < -0.39 is 5.97 Å². The van der Waals surface area contributed by atoms with Crippen LogP contribution < -0.4 is 0 Å². The molecule has 0 aliphatic carbocycles. The summed E-state index contributed by atoms with van der Waals surface area (Å²) < 4.78 is 4.61. The second-order valence-corrected chi connectivity index (χ2v) is 3.08. The van der Waals surface area contributed by atoms with Crippen molar-refractivity contribution < 1.29 is 19.1 Å². The van der Waals surface area contributed by atoms with Crippen molar-refractivity contribution in [1.82, 2.24) is 0 Å². The lowest BCUT2D eigenvalue weighted by molar-refractivity contribution is -0.145. The van der Waals surface area contributed by atoms with Crippen LogP contribution in [0.1, 0.15) is 39.5 Å². The van der Waals surface area contributed by atoms with Crippen molar-refractivity contribution in [1.29, 1.82) is 0 Å². The van der Waals surface area contributed by atoms with E-state index in [1.165, 1.54) is 6.92 Å². The minimum Gasteiger partial charge on any atom is -0.466 e. The number of esters is 1. The zero-order chi connectivity index (χ0) is 11.0. The fourth-order valence-corrected chi connectivity index (χ4v) is 0.996. The fourth-order valence-electron chi connectivity index (χ4n) is 0.996. The molecule has 0 aromatic rings. The Morgan fingerprint density at radius 3 is 2.29 bits per heavy atom. The first-order valence-corrected chi connectivity index (χ1v) is 4.73. The average molecular weight is 200 g/mol. The maximum atomic E-state index is 11.1. The maximum Gasteiger partial charge on any atom is 0.313 e. The number of carbonyl (C=O) groups excluding carboxylic acids is 3. The Morgan fingerprint density at radius 2 is 1.79 bits per heavy atom. The van der Waals surface area contributed by atoms with E-state index in [2.05, 4.69) is 4.74 Å². The lowest BCUT2D eigenvalue weighted by atomic mass is 10.1. The van der Waals surface area contributed by atoms with Gasteiger partial charge < -0.3 is 9.53 Å². The standard InChI is InChI=1S/C10H16O4/c1-3-14-10(13)7-9(12)6-4-5-8(2)11/h3-7H2,1-2H3. The first kappa shape index (κ1) is 12.8. The second kappa shape index (κ2) is 7.24. The Hall–Kier alpha value is -1.19. The minimum atomic E-state index is -0.486. The molecule has 0 aromatic carbocycles. The van der Waals surface area contributed by atoms with Crippen LogP contribution in [0, 0.1) is 0 Å². The molecule has 0 bridgehead atoms. The number of rotatable bonds is 7. The van der Waals surface area contributed by atoms with Gasteiger partial charge in [0.05, 0.1) is 6.61 Å². The first-order valence-electron chi connectivity index (χ1n) is 4.73. The molecule has 4 nitrogen and oxygen atoms in total. The molecule has 0 atom stereocenters. The summed E-state index contributed by atoms with van der Waals surface area (Å²) in [6, 6.07) is 0. The topological polar surface area (TPSA) is 60.4 Å². The SMILES string of the molecule is CCOC(=O)CC(=O)CCCC(C)=O. The highest BCUT2D eigenvalue weighted by Gasteiger charge is 2.09. The van der Waals surface area contributed by atoms with Crippen molar-refractivity contribution in [3.8, 4) is 0 Å². The van der Waals surface area contributed by atoms with Crippen LogP contribution in [0.25, 0.3) is 0 Å². The average Bonchev–Trinajstić information content (AvgIpc) is 2.03. The van der Waals surface area contributed by atoms with Crippen molar-refractivity contribution in [3.05, 3.63) is 0 Å². The van der Waals surface area contributed by atoms with Gasteiger partial charge in [0.2, 0.25) is 0 Å². The fraction of sp³-hybridized carbons (Fsp3) is 0.700. The molecule has 80 valence electrons. The Labute approximate surface area is 83.6 Å². The number of Topliss-reactive ketones (excluding diaryl/α,β-unsaturated/α-hetero) is 2. The molecule has 0 amide bonds. The zero-order valence-electron chi connectivity index (χ0n) is 8.67. The molecular formula is C10H16O4. The Kier molecular flexibility index (Phi) is 6.62. The summed E-state index contributed by atoms with van der Waals surface area (Å²) in [6.45, 7) is 3.47. The maximum absolute atomic E-state index is 11.1. The van der Waals surface area contributed by atoms with Crippen molar-refractivity contribution in [2.75, 3.05) is 6.61 Å². The lowest BCUT2D eigenvalue weighted by Crippen LogP contribution is -2.11. The molecule has 0 unspecified atom stereocenters. The van der Waals surface area contributed by atoms with E-state index in [1.807, 2.05) is 0 Å². The van der Waals surface area contributed by atoms with Crippen LogP contribution in [0.2, 0.25) is 0 Å². The van der Waals surface area contributed by atoms with Crippen molar-refractivity contribution in [3.63, 3.8) is 0 Å². The van der Waals surface area contributed by atoms with E-state index in [1.54, 1.807) is 6.92 Å². The number of carbonyl (C=O) groups is 3. The van der Waals surface area contributed by atoms with Gasteiger partial charge in [0.1, 0.15) is 18.0 Å². The van der Waals surface area contributed by atoms with Gasteiger partial charge in [0, 0.05) is 12.8 Å².